The fraction of sp³-hybridized carbons (Fsp3) is 0.133. The number of aryl methyl sites for hydroxylation is 1. The predicted octanol–water partition coefficient (Wildman–Crippen LogP) is 7.32. The molecule has 4 heterocycles. The van der Waals surface area contributed by atoms with Crippen LogP contribution in [0, 0.1) is 53.1 Å². The summed E-state index contributed by atoms with van der Waals surface area (Å²) in [6, 6.07) is 4.04. The Hall–Kier alpha value is -6.02. The second kappa shape index (κ2) is 14.5. The van der Waals surface area contributed by atoms with Crippen molar-refractivity contribution >= 4 is 57.8 Å². The number of aromatic nitrogens is 6. The lowest BCUT2D eigenvalue weighted by Crippen LogP contribution is -2.33. The minimum absolute atomic E-state index is 0.0160. The van der Waals surface area contributed by atoms with Crippen LogP contribution in [0.3, 0.4) is 0 Å². The number of aromatic hydroxyl groups is 4. The van der Waals surface area contributed by atoms with Gasteiger partial charge in [0, 0.05) is 19.1 Å². The molecule has 23 heteroatoms. The molecule has 6 aromatic rings. The normalized spacial score (nSPS) is 10.9. The van der Waals surface area contributed by atoms with Gasteiger partial charge in [-0.15, -0.1) is 0 Å². The van der Waals surface area contributed by atoms with Gasteiger partial charge in [-0.2, -0.15) is 14.7 Å². The van der Waals surface area contributed by atoms with Gasteiger partial charge in [0.25, 0.3) is 16.9 Å². The van der Waals surface area contributed by atoms with Gasteiger partial charge in [0.15, 0.2) is 11.5 Å². The van der Waals surface area contributed by atoms with E-state index in [0.717, 1.165) is 24.3 Å². The first kappa shape index (κ1) is 38.2. The molecule has 0 spiro atoms. The van der Waals surface area contributed by atoms with Crippen LogP contribution < -0.4 is 4.73 Å². The molecule has 6 rings (SSSR count). The van der Waals surface area contributed by atoms with Crippen LogP contribution in [0.2, 0.25) is 20.4 Å². The molecule has 4 N–H and O–H groups in total. The van der Waals surface area contributed by atoms with Crippen molar-refractivity contribution in [2.45, 2.75) is 27.7 Å². The lowest BCUT2D eigenvalue weighted by atomic mass is 10.1. The van der Waals surface area contributed by atoms with Crippen LogP contribution in [0.1, 0.15) is 22.5 Å². The molecule has 0 saturated heterocycles. The van der Waals surface area contributed by atoms with E-state index in [0.29, 0.717) is 32.1 Å². The van der Waals surface area contributed by atoms with Gasteiger partial charge in [0.1, 0.15) is 15.7 Å². The molecule has 19 nitrogen and oxygen atoms in total. The monoisotopic (exact) mass is 808 g/mol. The van der Waals surface area contributed by atoms with Crippen molar-refractivity contribution in [3.8, 4) is 68.7 Å². The first-order valence-corrected chi connectivity index (χ1v) is 15.8. The summed E-state index contributed by atoms with van der Waals surface area (Å²) in [6.45, 7) is 6.53. The van der Waals surface area contributed by atoms with Gasteiger partial charge in [-0.05, 0) is 55.6 Å². The summed E-state index contributed by atoms with van der Waals surface area (Å²) < 4.78 is 10.6. The fourth-order valence-corrected chi connectivity index (χ4v) is 5.81. The summed E-state index contributed by atoms with van der Waals surface area (Å²) in [6.07, 6.45) is 0. The van der Waals surface area contributed by atoms with Crippen LogP contribution in [0.4, 0.5) is 11.4 Å². The molecule has 53 heavy (non-hydrogen) atoms. The molecule has 0 atom stereocenters. The van der Waals surface area contributed by atoms with Crippen molar-refractivity contribution in [1.29, 1.82) is 0 Å². The number of phenolic OH excluding ortho intramolecular Hbond substituents is 4. The topological polar surface area (TPSA) is 285 Å². The summed E-state index contributed by atoms with van der Waals surface area (Å²) in [5.74, 6) is -3.49. The van der Waals surface area contributed by atoms with Crippen molar-refractivity contribution in [2.24, 2.45) is 0 Å². The molecule has 0 bridgehead atoms. The highest BCUT2D eigenvalue weighted by atomic mass is 35.5. The lowest BCUT2D eigenvalue weighted by molar-refractivity contribution is -0.609. The zero-order valence-electron chi connectivity index (χ0n) is 27.0. The molecular weight excluding hydrogens is 790 g/mol. The van der Waals surface area contributed by atoms with Gasteiger partial charge < -0.3 is 34.7 Å². The molecule has 0 unspecified atom stereocenters. The van der Waals surface area contributed by atoms with E-state index in [1.54, 1.807) is 20.8 Å². The predicted molar refractivity (Wildman–Crippen MR) is 186 cm³/mol. The maximum Gasteiger partial charge on any atom is 0.315 e. The van der Waals surface area contributed by atoms with E-state index in [1.165, 1.54) is 6.92 Å². The first-order valence-electron chi connectivity index (χ1n) is 14.3. The van der Waals surface area contributed by atoms with Crippen molar-refractivity contribution in [3.63, 3.8) is 0 Å². The van der Waals surface area contributed by atoms with Crippen molar-refractivity contribution < 1.29 is 44.0 Å². The number of nitro groups is 2. The summed E-state index contributed by atoms with van der Waals surface area (Å²) in [5, 5.41) is 80.5. The maximum absolute atomic E-state index is 12.1. The average molecular weight is 810 g/mol. The number of pyridine rings is 2. The third-order valence-corrected chi connectivity index (χ3v) is 9.26. The van der Waals surface area contributed by atoms with Gasteiger partial charge in [-0.3, -0.25) is 20.2 Å². The zero-order chi connectivity index (χ0) is 39.2. The highest BCUT2D eigenvalue weighted by Crippen LogP contribution is 2.42. The molecule has 4 aromatic heterocycles. The summed E-state index contributed by atoms with van der Waals surface area (Å²) in [5.41, 5.74) is 0.859. The SMILES string of the molecule is Cc1c(Cl)c(C)[n+]([O-])c(Cl)c1-c1noc(-c2cc(O)c(O)c([N+](=O)[O-])c2)n1.Cc1nc(Cl)c(-c2noc(-c3cc(O)c(O)c([N+](=O)[O-])c3)n2)c(C)c1Cl. The molecule has 0 radical (unpaired) electrons. The Balaban J connectivity index is 0.000000204. The molecule has 0 aliphatic carbocycles. The molecule has 0 amide bonds. The molecule has 0 saturated carbocycles. The number of hydrogen-bond donors (Lipinski definition) is 4. The Bertz CT molecular complexity index is 2460. The molecule has 2 aromatic carbocycles. The van der Waals surface area contributed by atoms with E-state index in [1.807, 2.05) is 0 Å². The maximum atomic E-state index is 12.1. The number of benzene rings is 2. The minimum Gasteiger partial charge on any atom is -0.617 e. The quantitative estimate of drug-likeness (QED) is 0.0320. The smallest absolute Gasteiger partial charge is 0.315 e. The second-order valence-corrected chi connectivity index (χ2v) is 12.3. The van der Waals surface area contributed by atoms with Gasteiger partial charge in [-0.1, -0.05) is 45.1 Å². The van der Waals surface area contributed by atoms with Gasteiger partial charge in [0.05, 0.1) is 37.3 Å². The number of halogens is 4. The van der Waals surface area contributed by atoms with E-state index in [-0.39, 0.29) is 61.1 Å². The van der Waals surface area contributed by atoms with Crippen LogP contribution in [0.15, 0.2) is 33.3 Å². The largest absolute Gasteiger partial charge is 0.617 e. The fourth-order valence-electron chi connectivity index (χ4n) is 4.80. The summed E-state index contributed by atoms with van der Waals surface area (Å²) in [4.78, 5) is 32.5. The minimum atomic E-state index is -0.889. The first-order chi connectivity index (χ1) is 24.8. The number of hydrogen-bond acceptors (Lipinski definition) is 16. The molecule has 0 aliphatic heterocycles. The third-order valence-electron chi connectivity index (χ3n) is 7.53. The number of phenols is 4. The molecular formula is C30H20Cl4N8O11. The van der Waals surface area contributed by atoms with Crippen LogP contribution >= 0.6 is 46.4 Å². The van der Waals surface area contributed by atoms with Crippen molar-refractivity contribution in [3.05, 3.63) is 92.6 Å². The Labute approximate surface area is 315 Å². The van der Waals surface area contributed by atoms with Gasteiger partial charge in [-0.25, -0.2) is 4.98 Å². The van der Waals surface area contributed by atoms with Crippen LogP contribution in [-0.4, -0.2) is 55.5 Å². The summed E-state index contributed by atoms with van der Waals surface area (Å²) in [7, 11) is 0. The Morgan fingerprint density at radius 2 is 1.11 bits per heavy atom. The number of nitrogens with zero attached hydrogens (tertiary/aromatic N) is 8. The molecule has 0 aliphatic rings. The van der Waals surface area contributed by atoms with E-state index >= 15 is 0 Å². The van der Waals surface area contributed by atoms with Gasteiger partial charge in [0.2, 0.25) is 28.8 Å². The Kier molecular flexibility index (Phi) is 10.5. The van der Waals surface area contributed by atoms with E-state index in [9.17, 15) is 45.9 Å². The van der Waals surface area contributed by atoms with E-state index in [4.69, 9.17) is 55.4 Å². The standard InChI is InChI=1S/C15H10Cl2N4O6.C15H10Cl2N4O5/c1-5-10(13(17)20(24)6(2)11(5)16)14-18-15(27-19-14)7-3-8(21(25)26)12(23)9(22)4-7;1-5-10(13(17)18-6(2)11(5)16)14-19-15(26-20-14)7-3-8(21(24)25)12(23)9(22)4-7/h3-4,22-23H,1-2H3;3-4,22-23H,1-2H3. The zero-order valence-corrected chi connectivity index (χ0v) is 30.1. The Morgan fingerprint density at radius 1 is 0.679 bits per heavy atom. The van der Waals surface area contributed by atoms with E-state index in [2.05, 4.69) is 25.3 Å². The number of nitro benzene ring substituents is 2. The van der Waals surface area contributed by atoms with Crippen molar-refractivity contribution in [2.75, 3.05) is 0 Å². The lowest BCUT2D eigenvalue weighted by Gasteiger charge is -2.10. The summed E-state index contributed by atoms with van der Waals surface area (Å²) >= 11 is 24.5. The third kappa shape index (κ3) is 7.09. The highest BCUT2D eigenvalue weighted by molar-refractivity contribution is 6.35. The average Bonchev–Trinajstić information content (AvgIpc) is 3.79. The number of rotatable bonds is 6. The second-order valence-electron chi connectivity index (χ2n) is 10.9. The van der Waals surface area contributed by atoms with E-state index < -0.39 is 44.2 Å². The van der Waals surface area contributed by atoms with Gasteiger partial charge >= 0.3 is 11.4 Å². The highest BCUT2D eigenvalue weighted by Gasteiger charge is 2.28. The molecule has 0 fully saturated rings. The van der Waals surface area contributed by atoms with Crippen LogP contribution in [0.25, 0.3) is 45.7 Å². The van der Waals surface area contributed by atoms with Crippen LogP contribution in [0.5, 0.6) is 23.0 Å². The van der Waals surface area contributed by atoms with Crippen LogP contribution in [-0.2, 0) is 0 Å². The molecule has 274 valence electrons. The van der Waals surface area contributed by atoms with Crippen molar-refractivity contribution in [1.82, 2.24) is 25.3 Å². The Morgan fingerprint density at radius 3 is 1.57 bits per heavy atom.